The van der Waals surface area contributed by atoms with Crippen LogP contribution in [-0.2, 0) is 11.2 Å². The molecule has 0 atom stereocenters. The van der Waals surface area contributed by atoms with E-state index in [1.54, 1.807) is 29.2 Å². The van der Waals surface area contributed by atoms with Gasteiger partial charge >= 0.3 is 0 Å². The Hall–Kier alpha value is -3.61. The summed E-state index contributed by atoms with van der Waals surface area (Å²) in [5.74, 6) is 0.590. The van der Waals surface area contributed by atoms with Crippen molar-refractivity contribution in [3.63, 3.8) is 0 Å². The van der Waals surface area contributed by atoms with E-state index in [2.05, 4.69) is 49.6 Å². The fourth-order valence-electron chi connectivity index (χ4n) is 2.85. The Bertz CT molecular complexity index is 1040. The molecule has 0 radical (unpaired) electrons. The predicted molar refractivity (Wildman–Crippen MR) is 102 cm³/mol. The van der Waals surface area contributed by atoms with E-state index in [1.165, 1.54) is 11.9 Å². The highest BCUT2D eigenvalue weighted by molar-refractivity contribution is 5.90. The lowest BCUT2D eigenvalue weighted by molar-refractivity contribution is -0.116. The number of pyridine rings is 1. The Morgan fingerprint density at radius 3 is 2.74 bits per heavy atom. The van der Waals surface area contributed by atoms with Gasteiger partial charge in [0.1, 0.15) is 6.33 Å². The first-order valence-corrected chi connectivity index (χ1v) is 8.72. The zero-order chi connectivity index (χ0) is 18.5. The van der Waals surface area contributed by atoms with Crippen molar-refractivity contribution in [2.24, 2.45) is 0 Å². The van der Waals surface area contributed by atoms with Crippen molar-refractivity contribution < 1.29 is 4.79 Å². The summed E-state index contributed by atoms with van der Waals surface area (Å²) in [4.78, 5) is 24.3. The molecule has 0 spiro atoms. The first-order chi connectivity index (χ1) is 13.3. The summed E-state index contributed by atoms with van der Waals surface area (Å²) in [6.07, 6.45) is 10.6. The Balaban J connectivity index is 1.32. The number of benzene rings is 1. The van der Waals surface area contributed by atoms with Crippen molar-refractivity contribution in [2.45, 2.75) is 19.3 Å². The van der Waals surface area contributed by atoms with Gasteiger partial charge in [-0.05, 0) is 36.1 Å². The zero-order valence-corrected chi connectivity index (χ0v) is 14.6. The van der Waals surface area contributed by atoms with E-state index in [-0.39, 0.29) is 5.91 Å². The molecule has 3 heterocycles. The highest BCUT2D eigenvalue weighted by Gasteiger charge is 2.05. The van der Waals surface area contributed by atoms with Crippen LogP contribution in [0, 0.1) is 0 Å². The molecule has 0 bridgehead atoms. The molecule has 1 amide bonds. The van der Waals surface area contributed by atoms with Gasteiger partial charge in [-0.3, -0.25) is 9.78 Å². The highest BCUT2D eigenvalue weighted by atomic mass is 16.1. The average molecular weight is 358 g/mol. The number of hydrogen-bond acceptors (Lipinski definition) is 5. The van der Waals surface area contributed by atoms with Crippen LogP contribution >= 0.6 is 0 Å². The van der Waals surface area contributed by atoms with Crippen LogP contribution in [-0.4, -0.2) is 30.5 Å². The van der Waals surface area contributed by atoms with Crippen molar-refractivity contribution >= 4 is 17.4 Å². The number of hydrogen-bond donors (Lipinski definition) is 1. The highest BCUT2D eigenvalue weighted by Crippen LogP contribution is 2.19. The molecule has 0 saturated heterocycles. The molecule has 0 aliphatic rings. The van der Waals surface area contributed by atoms with Gasteiger partial charge in [-0.1, -0.05) is 24.3 Å². The molecule has 27 heavy (non-hydrogen) atoms. The van der Waals surface area contributed by atoms with Gasteiger partial charge in [-0.15, -0.1) is 0 Å². The Kier molecular flexibility index (Phi) is 4.82. The molecule has 7 heteroatoms. The molecule has 0 fully saturated rings. The Labute approximate surface area is 156 Å². The first-order valence-electron chi connectivity index (χ1n) is 8.72. The summed E-state index contributed by atoms with van der Waals surface area (Å²) in [5, 5.41) is 6.96. The molecule has 7 nitrogen and oxygen atoms in total. The van der Waals surface area contributed by atoms with Crippen molar-refractivity contribution in [3.05, 3.63) is 73.1 Å². The second-order valence-corrected chi connectivity index (χ2v) is 6.19. The minimum absolute atomic E-state index is 0.00632. The zero-order valence-electron chi connectivity index (χ0n) is 14.6. The van der Waals surface area contributed by atoms with Gasteiger partial charge in [0, 0.05) is 30.6 Å². The molecule has 0 saturated carbocycles. The van der Waals surface area contributed by atoms with Crippen LogP contribution in [0.4, 0.5) is 5.69 Å². The number of anilines is 1. The summed E-state index contributed by atoms with van der Waals surface area (Å²) in [6, 6.07) is 11.9. The minimum Gasteiger partial charge on any atom is -0.325 e. The summed E-state index contributed by atoms with van der Waals surface area (Å²) >= 11 is 0. The van der Waals surface area contributed by atoms with Crippen molar-refractivity contribution in [1.82, 2.24) is 24.6 Å². The maximum atomic E-state index is 12.0. The van der Waals surface area contributed by atoms with Crippen LogP contribution in [0.15, 0.2) is 67.5 Å². The van der Waals surface area contributed by atoms with Gasteiger partial charge in [0.25, 0.3) is 5.78 Å². The third-order valence-corrected chi connectivity index (χ3v) is 4.24. The number of carbonyl (C=O) groups excluding carboxylic acids is 1. The van der Waals surface area contributed by atoms with Crippen LogP contribution in [0.5, 0.6) is 0 Å². The maximum absolute atomic E-state index is 12.0. The number of carbonyl (C=O) groups is 1. The second kappa shape index (κ2) is 7.74. The monoisotopic (exact) mass is 358 g/mol. The van der Waals surface area contributed by atoms with Crippen LogP contribution in [0.2, 0.25) is 0 Å². The van der Waals surface area contributed by atoms with Crippen molar-refractivity contribution in [2.75, 3.05) is 5.32 Å². The topological polar surface area (TPSA) is 85.1 Å². The van der Waals surface area contributed by atoms with E-state index in [0.717, 1.165) is 29.7 Å². The number of fused-ring (bicyclic) bond motifs is 1. The third-order valence-electron chi connectivity index (χ3n) is 4.24. The Morgan fingerprint density at radius 1 is 1.04 bits per heavy atom. The number of aromatic nitrogens is 5. The molecule has 4 rings (SSSR count). The molecule has 3 aromatic heterocycles. The van der Waals surface area contributed by atoms with E-state index in [4.69, 9.17) is 0 Å². The van der Waals surface area contributed by atoms with Crippen molar-refractivity contribution in [3.8, 4) is 11.1 Å². The number of aryl methyl sites for hydroxylation is 1. The van der Waals surface area contributed by atoms with E-state index in [0.29, 0.717) is 12.2 Å². The summed E-state index contributed by atoms with van der Waals surface area (Å²) in [5.41, 5.74) is 3.97. The lowest BCUT2D eigenvalue weighted by Gasteiger charge is -2.06. The van der Waals surface area contributed by atoms with Crippen LogP contribution < -0.4 is 5.32 Å². The quantitative estimate of drug-likeness (QED) is 0.572. The number of rotatable bonds is 6. The van der Waals surface area contributed by atoms with Gasteiger partial charge in [-0.2, -0.15) is 10.1 Å². The largest absolute Gasteiger partial charge is 0.325 e. The van der Waals surface area contributed by atoms with Crippen LogP contribution in [0.3, 0.4) is 0 Å². The molecular weight excluding hydrogens is 340 g/mol. The molecule has 0 unspecified atom stereocenters. The third kappa shape index (κ3) is 4.14. The van der Waals surface area contributed by atoms with Crippen molar-refractivity contribution in [1.29, 1.82) is 0 Å². The van der Waals surface area contributed by atoms with E-state index >= 15 is 0 Å². The summed E-state index contributed by atoms with van der Waals surface area (Å²) < 4.78 is 1.66. The molecule has 1 aromatic carbocycles. The summed E-state index contributed by atoms with van der Waals surface area (Å²) in [6.45, 7) is 0. The number of amides is 1. The number of nitrogens with zero attached hydrogens (tertiary/aromatic N) is 5. The van der Waals surface area contributed by atoms with E-state index in [1.807, 2.05) is 12.3 Å². The van der Waals surface area contributed by atoms with Crippen LogP contribution in [0.25, 0.3) is 16.9 Å². The van der Waals surface area contributed by atoms with Gasteiger partial charge in [0.15, 0.2) is 0 Å². The molecule has 134 valence electrons. The van der Waals surface area contributed by atoms with Gasteiger partial charge in [0.2, 0.25) is 5.91 Å². The lowest BCUT2D eigenvalue weighted by Crippen LogP contribution is -2.11. The maximum Gasteiger partial charge on any atom is 0.252 e. The van der Waals surface area contributed by atoms with E-state index < -0.39 is 0 Å². The van der Waals surface area contributed by atoms with Gasteiger partial charge < -0.3 is 5.32 Å². The SMILES string of the molecule is O=C(CCCc1ccc(-c2cnc3ncnn3c2)cc1)Nc1cccnc1. The minimum atomic E-state index is 0.00632. The molecular formula is C20H18N6O. The van der Waals surface area contributed by atoms with Gasteiger partial charge in [-0.25, -0.2) is 9.50 Å². The fraction of sp³-hybridized carbons (Fsp3) is 0.150. The lowest BCUT2D eigenvalue weighted by atomic mass is 10.0. The normalized spacial score (nSPS) is 10.8. The number of nitrogens with one attached hydrogen (secondary N) is 1. The Morgan fingerprint density at radius 2 is 1.93 bits per heavy atom. The molecule has 0 aliphatic carbocycles. The predicted octanol–water partition coefficient (Wildman–Crippen LogP) is 3.15. The average Bonchev–Trinajstić information content (AvgIpc) is 3.17. The standard InChI is InChI=1S/C20H18N6O/c27-19(25-18-4-2-10-21-12-18)5-1-3-15-6-8-16(9-7-15)17-11-22-20-23-14-24-26(20)13-17/h2,4,6-14H,1,3,5H2,(H,25,27). The van der Waals surface area contributed by atoms with Gasteiger partial charge in [0.05, 0.1) is 11.9 Å². The summed E-state index contributed by atoms with van der Waals surface area (Å²) in [7, 11) is 0. The first kappa shape index (κ1) is 16.8. The molecule has 0 aliphatic heterocycles. The second-order valence-electron chi connectivity index (χ2n) is 6.19. The van der Waals surface area contributed by atoms with Crippen LogP contribution in [0.1, 0.15) is 18.4 Å². The van der Waals surface area contributed by atoms with E-state index in [9.17, 15) is 4.79 Å². The molecule has 4 aromatic rings. The molecule has 1 N–H and O–H groups in total. The fourth-order valence-corrected chi connectivity index (χ4v) is 2.85. The smallest absolute Gasteiger partial charge is 0.252 e.